The molecular weight excluding hydrogens is 522 g/mol. The summed E-state index contributed by atoms with van der Waals surface area (Å²) >= 11 is 9.73. The molecule has 0 atom stereocenters. The number of hydrogen-bond acceptors (Lipinski definition) is 5. The second kappa shape index (κ2) is 9.79. The smallest absolute Gasteiger partial charge is 0.271 e. The Morgan fingerprint density at radius 2 is 2.03 bits per heavy atom. The van der Waals surface area contributed by atoms with Crippen LogP contribution >= 0.6 is 27.5 Å². The lowest BCUT2D eigenvalue weighted by molar-refractivity contribution is -0.130. The Balaban J connectivity index is 1.68. The Labute approximate surface area is 212 Å². The summed E-state index contributed by atoms with van der Waals surface area (Å²) in [6.07, 6.45) is 1.26. The third-order valence-electron chi connectivity index (χ3n) is 5.70. The van der Waals surface area contributed by atoms with Crippen molar-refractivity contribution in [1.82, 2.24) is 25.1 Å². The lowest BCUT2D eigenvalue weighted by Gasteiger charge is -2.38. The molecule has 1 fully saturated rings. The molecule has 9 nitrogen and oxygen atoms in total. The molecule has 5 N–H and O–H groups in total. The van der Waals surface area contributed by atoms with Crippen molar-refractivity contribution in [3.05, 3.63) is 57.1 Å². The molecule has 0 aliphatic carbocycles. The number of imidazole rings is 1. The van der Waals surface area contributed by atoms with E-state index in [-0.39, 0.29) is 35.7 Å². The number of carbonyl (C=O) groups excluding carboxylic acids is 2. The van der Waals surface area contributed by atoms with Gasteiger partial charge < -0.3 is 25.8 Å². The van der Waals surface area contributed by atoms with Crippen molar-refractivity contribution in [2.24, 2.45) is 7.05 Å². The second-order valence-electron chi connectivity index (χ2n) is 9.24. The third-order valence-corrected chi connectivity index (χ3v) is 6.57. The minimum absolute atomic E-state index is 0.127. The fourth-order valence-corrected chi connectivity index (χ4v) is 4.79. The fraction of sp³-hybridized carbons (Fsp3) is 0.391. The first-order chi connectivity index (χ1) is 15.8. The average Bonchev–Trinajstić information content (AvgIpc) is 3.00. The van der Waals surface area contributed by atoms with Gasteiger partial charge in [-0.1, -0.05) is 39.0 Å². The van der Waals surface area contributed by atoms with E-state index in [4.69, 9.17) is 22.7 Å². The van der Waals surface area contributed by atoms with E-state index in [2.05, 4.69) is 38.1 Å². The van der Waals surface area contributed by atoms with Crippen LogP contribution in [-0.2, 0) is 23.8 Å². The lowest BCUT2D eigenvalue weighted by atomic mass is 9.85. The van der Waals surface area contributed by atoms with Gasteiger partial charge in [0.1, 0.15) is 22.0 Å². The standard InChI is InChI=1S/C23H29BrClN7O2/c1-6-18(33)32-10-12(11-32)29-22(34)19-20(24)30-17(31(19)5)9-28-21(27)13-7-14(23(2,3)4)15(25)8-16(13)26/h6-8,12H,1,9-11,26H2,2-5H3,(H2,27,28)(H,29,34). The number of anilines is 1. The lowest BCUT2D eigenvalue weighted by Crippen LogP contribution is -2.60. The van der Waals surface area contributed by atoms with Crippen molar-refractivity contribution in [1.29, 1.82) is 5.41 Å². The van der Waals surface area contributed by atoms with Gasteiger partial charge in [0, 0.05) is 36.4 Å². The van der Waals surface area contributed by atoms with Gasteiger partial charge in [0.05, 0.1) is 12.6 Å². The Hall–Kier alpha value is -2.85. The first-order valence-corrected chi connectivity index (χ1v) is 11.9. The maximum Gasteiger partial charge on any atom is 0.271 e. The van der Waals surface area contributed by atoms with Crippen LogP contribution in [0.5, 0.6) is 0 Å². The molecule has 182 valence electrons. The molecule has 0 radical (unpaired) electrons. The largest absolute Gasteiger partial charge is 0.398 e. The number of amidine groups is 1. The number of benzene rings is 1. The van der Waals surface area contributed by atoms with E-state index in [0.29, 0.717) is 45.5 Å². The highest BCUT2D eigenvalue weighted by Crippen LogP contribution is 2.33. The van der Waals surface area contributed by atoms with Gasteiger partial charge in [0.2, 0.25) is 5.91 Å². The predicted molar refractivity (Wildman–Crippen MR) is 137 cm³/mol. The second-order valence-corrected chi connectivity index (χ2v) is 10.4. The summed E-state index contributed by atoms with van der Waals surface area (Å²) < 4.78 is 2.06. The molecule has 2 heterocycles. The Bertz CT molecular complexity index is 1160. The van der Waals surface area contributed by atoms with Crippen LogP contribution in [0.15, 0.2) is 29.4 Å². The third kappa shape index (κ3) is 5.28. The topological polar surface area (TPSA) is 129 Å². The molecule has 1 aliphatic heterocycles. The minimum atomic E-state index is -0.296. The molecule has 0 bridgehead atoms. The number of aromatic nitrogens is 2. The van der Waals surface area contributed by atoms with E-state index in [9.17, 15) is 9.59 Å². The van der Waals surface area contributed by atoms with Gasteiger partial charge in [-0.05, 0) is 45.1 Å². The van der Waals surface area contributed by atoms with Crippen molar-refractivity contribution in [3.63, 3.8) is 0 Å². The molecular formula is C23H29BrClN7O2. The zero-order valence-corrected chi connectivity index (χ0v) is 22.0. The Morgan fingerprint density at radius 3 is 2.62 bits per heavy atom. The van der Waals surface area contributed by atoms with Gasteiger partial charge in [-0.15, -0.1) is 0 Å². The van der Waals surface area contributed by atoms with Gasteiger partial charge in [0.15, 0.2) is 0 Å². The first kappa shape index (κ1) is 25.8. The maximum atomic E-state index is 12.8. The molecule has 2 aromatic rings. The molecule has 1 saturated heterocycles. The Kier molecular flexibility index (Phi) is 7.42. The SMILES string of the molecule is C=CC(=O)N1CC(NC(=O)c2c(Br)nc(CNC(=N)c3cc(C(C)(C)C)c(Cl)cc3N)n2C)C1. The molecule has 0 spiro atoms. The van der Waals surface area contributed by atoms with Crippen LogP contribution in [0.4, 0.5) is 5.69 Å². The summed E-state index contributed by atoms with van der Waals surface area (Å²) in [5.41, 5.74) is 8.13. The van der Waals surface area contributed by atoms with Crippen LogP contribution in [0, 0.1) is 5.41 Å². The van der Waals surface area contributed by atoms with Crippen molar-refractivity contribution in [3.8, 4) is 0 Å². The summed E-state index contributed by atoms with van der Waals surface area (Å²) in [4.78, 5) is 30.4. The molecule has 2 amide bonds. The number of carbonyl (C=O) groups is 2. The highest BCUT2D eigenvalue weighted by molar-refractivity contribution is 9.10. The number of nitrogen functional groups attached to an aromatic ring is 1. The van der Waals surface area contributed by atoms with Gasteiger partial charge in [-0.25, -0.2) is 4.98 Å². The number of nitrogens with two attached hydrogens (primary N) is 1. The van der Waals surface area contributed by atoms with Crippen LogP contribution in [0.2, 0.25) is 5.02 Å². The zero-order chi connectivity index (χ0) is 25.4. The number of halogens is 2. The summed E-state index contributed by atoms with van der Waals surface area (Å²) in [6.45, 7) is 10.7. The number of rotatable bonds is 6. The summed E-state index contributed by atoms with van der Waals surface area (Å²) in [6, 6.07) is 3.37. The number of hydrogen-bond donors (Lipinski definition) is 4. The Morgan fingerprint density at radius 1 is 1.38 bits per heavy atom. The average molecular weight is 551 g/mol. The van der Waals surface area contributed by atoms with E-state index in [1.807, 2.05) is 26.8 Å². The number of nitrogens with zero attached hydrogens (tertiary/aromatic N) is 3. The number of likely N-dealkylation sites (tertiary alicyclic amines) is 1. The molecule has 34 heavy (non-hydrogen) atoms. The van der Waals surface area contributed by atoms with Crippen molar-refractivity contribution in [2.45, 2.75) is 38.8 Å². The van der Waals surface area contributed by atoms with Crippen molar-refractivity contribution >= 4 is 50.9 Å². The van der Waals surface area contributed by atoms with E-state index in [1.54, 1.807) is 22.6 Å². The van der Waals surface area contributed by atoms with Gasteiger partial charge in [-0.2, -0.15) is 0 Å². The highest BCUT2D eigenvalue weighted by atomic mass is 79.9. The molecule has 0 unspecified atom stereocenters. The van der Waals surface area contributed by atoms with E-state index in [0.717, 1.165) is 5.56 Å². The van der Waals surface area contributed by atoms with Crippen LogP contribution < -0.4 is 16.4 Å². The molecule has 11 heteroatoms. The van der Waals surface area contributed by atoms with Crippen LogP contribution in [0.25, 0.3) is 0 Å². The first-order valence-electron chi connectivity index (χ1n) is 10.7. The maximum absolute atomic E-state index is 12.8. The summed E-state index contributed by atoms with van der Waals surface area (Å²) in [7, 11) is 1.73. The molecule has 3 rings (SSSR count). The highest BCUT2D eigenvalue weighted by Gasteiger charge is 2.32. The summed E-state index contributed by atoms with van der Waals surface area (Å²) in [5, 5.41) is 15.0. The normalized spacial score (nSPS) is 13.9. The number of nitrogens with one attached hydrogen (secondary N) is 3. The summed E-state index contributed by atoms with van der Waals surface area (Å²) in [5.74, 6) is 0.239. The fourth-order valence-electron chi connectivity index (χ4n) is 3.69. The van der Waals surface area contributed by atoms with E-state index < -0.39 is 0 Å². The van der Waals surface area contributed by atoms with Crippen molar-refractivity contribution in [2.75, 3.05) is 18.8 Å². The van der Waals surface area contributed by atoms with Gasteiger partial charge in [-0.3, -0.25) is 15.0 Å². The number of amides is 2. The minimum Gasteiger partial charge on any atom is -0.398 e. The van der Waals surface area contributed by atoms with Gasteiger partial charge >= 0.3 is 0 Å². The van der Waals surface area contributed by atoms with E-state index in [1.165, 1.54) is 6.08 Å². The van der Waals surface area contributed by atoms with Crippen LogP contribution in [0.1, 0.15) is 48.2 Å². The van der Waals surface area contributed by atoms with Crippen molar-refractivity contribution < 1.29 is 9.59 Å². The van der Waals surface area contributed by atoms with Gasteiger partial charge in [0.25, 0.3) is 5.91 Å². The molecule has 0 saturated carbocycles. The molecule has 1 aromatic heterocycles. The molecule has 1 aromatic carbocycles. The quantitative estimate of drug-likeness (QED) is 0.190. The predicted octanol–water partition coefficient (Wildman–Crippen LogP) is 2.96. The van der Waals surface area contributed by atoms with Crippen LogP contribution in [0.3, 0.4) is 0 Å². The monoisotopic (exact) mass is 549 g/mol. The van der Waals surface area contributed by atoms with Crippen LogP contribution in [-0.4, -0.2) is 51.2 Å². The zero-order valence-electron chi connectivity index (χ0n) is 19.6. The van der Waals surface area contributed by atoms with E-state index >= 15 is 0 Å². The molecule has 1 aliphatic rings.